The minimum Gasteiger partial charge on any atom is -0.475 e. The molecular formula is C25H34N8O2. The molecule has 10 nitrogen and oxygen atoms in total. The Morgan fingerprint density at radius 3 is 2.57 bits per heavy atom. The first-order chi connectivity index (χ1) is 16.8. The molecule has 0 radical (unpaired) electrons. The third-order valence-electron chi connectivity index (χ3n) is 5.73. The van der Waals surface area contributed by atoms with Crippen molar-refractivity contribution in [1.29, 1.82) is 0 Å². The van der Waals surface area contributed by atoms with Crippen molar-refractivity contribution in [2.45, 2.75) is 34.1 Å². The number of hydrogen-bond acceptors (Lipinski definition) is 6. The Labute approximate surface area is 205 Å². The molecule has 0 fully saturated rings. The van der Waals surface area contributed by atoms with Gasteiger partial charge in [0.25, 0.3) is 5.91 Å². The maximum Gasteiger partial charge on any atom is 0.272 e. The van der Waals surface area contributed by atoms with Crippen molar-refractivity contribution in [2.75, 3.05) is 20.2 Å². The van der Waals surface area contributed by atoms with Crippen LogP contribution in [0.25, 0.3) is 23.0 Å². The second-order valence-electron chi connectivity index (χ2n) is 7.85. The first-order valence-corrected chi connectivity index (χ1v) is 11.7. The SMILES string of the molecule is C=Cc1cnc2cnc(-c3cnn(C)c3OCCN(C)C(=O)c3c(C)c(CC)nn3C)cn12.CC. The largest absolute Gasteiger partial charge is 0.475 e. The summed E-state index contributed by atoms with van der Waals surface area (Å²) in [5, 5.41) is 8.78. The second-order valence-corrected chi connectivity index (χ2v) is 7.85. The third kappa shape index (κ3) is 4.96. The molecule has 0 saturated carbocycles. The van der Waals surface area contributed by atoms with Gasteiger partial charge in [0.1, 0.15) is 12.3 Å². The average Bonchev–Trinajstić information content (AvgIpc) is 3.54. The molecule has 1 amide bonds. The first-order valence-electron chi connectivity index (χ1n) is 11.7. The van der Waals surface area contributed by atoms with Crippen LogP contribution in [-0.2, 0) is 20.5 Å². The standard InChI is InChI=1S/C23H28N8O2.C2H6/c1-7-16-11-25-20-13-24-19(14-31(16)20)17-12-26-30(6)23(17)33-10-9-28(4)22(32)21-15(3)18(8-2)27-29(21)5;1-2/h7,11-14H,1,8-10H2,2-6H3;1-2H3. The van der Waals surface area contributed by atoms with Crippen LogP contribution >= 0.6 is 0 Å². The van der Waals surface area contributed by atoms with Crippen LogP contribution in [0.4, 0.5) is 0 Å². The molecule has 0 spiro atoms. The Kier molecular flexibility index (Phi) is 8.06. The molecule has 0 bridgehead atoms. The van der Waals surface area contributed by atoms with Crippen LogP contribution in [0, 0.1) is 6.92 Å². The lowest BCUT2D eigenvalue weighted by atomic mass is 10.1. The van der Waals surface area contributed by atoms with Crippen LogP contribution in [0.2, 0.25) is 0 Å². The van der Waals surface area contributed by atoms with E-state index in [2.05, 4.69) is 26.7 Å². The number of ether oxygens (including phenoxy) is 1. The summed E-state index contributed by atoms with van der Waals surface area (Å²) >= 11 is 0. The quantitative estimate of drug-likeness (QED) is 0.384. The van der Waals surface area contributed by atoms with Crippen LogP contribution in [0.5, 0.6) is 5.88 Å². The first kappa shape index (κ1) is 25.7. The minimum absolute atomic E-state index is 0.0831. The number of hydrogen-bond donors (Lipinski definition) is 0. The van der Waals surface area contributed by atoms with Crippen LogP contribution in [-0.4, -0.2) is 64.9 Å². The fraction of sp³-hybridized carbons (Fsp3) is 0.400. The van der Waals surface area contributed by atoms with E-state index in [1.165, 1.54) is 0 Å². The van der Waals surface area contributed by atoms with Crippen molar-refractivity contribution >= 4 is 17.6 Å². The van der Waals surface area contributed by atoms with Gasteiger partial charge in [0.15, 0.2) is 5.65 Å². The molecule has 4 aromatic heterocycles. The number of aryl methyl sites for hydroxylation is 3. The highest BCUT2D eigenvalue weighted by Gasteiger charge is 2.22. The number of rotatable bonds is 8. The molecule has 35 heavy (non-hydrogen) atoms. The fourth-order valence-corrected chi connectivity index (χ4v) is 3.85. The molecule has 186 valence electrons. The number of aromatic nitrogens is 7. The highest BCUT2D eigenvalue weighted by molar-refractivity contribution is 5.94. The van der Waals surface area contributed by atoms with Crippen molar-refractivity contribution in [1.82, 2.24) is 38.8 Å². The predicted molar refractivity (Wildman–Crippen MR) is 136 cm³/mol. The Bertz CT molecular complexity index is 1330. The van der Waals surface area contributed by atoms with Crippen molar-refractivity contribution in [2.24, 2.45) is 14.1 Å². The number of amides is 1. The van der Waals surface area contributed by atoms with Gasteiger partial charge in [0.05, 0.1) is 47.8 Å². The lowest BCUT2D eigenvalue weighted by Crippen LogP contribution is -2.32. The van der Waals surface area contributed by atoms with E-state index in [0.29, 0.717) is 30.4 Å². The maximum atomic E-state index is 13.0. The van der Waals surface area contributed by atoms with Gasteiger partial charge in [0, 0.05) is 32.9 Å². The van der Waals surface area contributed by atoms with Gasteiger partial charge < -0.3 is 9.64 Å². The Balaban J connectivity index is 0.00000167. The zero-order valence-electron chi connectivity index (χ0n) is 21.6. The lowest BCUT2D eigenvalue weighted by Gasteiger charge is -2.18. The van der Waals surface area contributed by atoms with Crippen molar-refractivity contribution in [3.63, 3.8) is 0 Å². The van der Waals surface area contributed by atoms with Gasteiger partial charge in [0.2, 0.25) is 5.88 Å². The number of carbonyl (C=O) groups excluding carboxylic acids is 1. The van der Waals surface area contributed by atoms with Crippen LogP contribution < -0.4 is 4.74 Å². The molecular weight excluding hydrogens is 444 g/mol. The maximum absolute atomic E-state index is 13.0. The summed E-state index contributed by atoms with van der Waals surface area (Å²) in [4.78, 5) is 23.5. The van der Waals surface area contributed by atoms with E-state index in [-0.39, 0.29) is 5.91 Å². The average molecular weight is 479 g/mol. The third-order valence-corrected chi connectivity index (χ3v) is 5.73. The van der Waals surface area contributed by atoms with E-state index in [1.807, 2.05) is 45.3 Å². The van der Waals surface area contributed by atoms with Gasteiger partial charge in [-0.3, -0.25) is 18.9 Å². The van der Waals surface area contributed by atoms with E-state index < -0.39 is 0 Å². The van der Waals surface area contributed by atoms with Crippen LogP contribution in [0.15, 0.2) is 31.4 Å². The summed E-state index contributed by atoms with van der Waals surface area (Å²) in [7, 11) is 5.37. The van der Waals surface area contributed by atoms with Crippen LogP contribution in [0.1, 0.15) is 48.2 Å². The zero-order chi connectivity index (χ0) is 25.7. The van der Waals surface area contributed by atoms with Gasteiger partial charge in [-0.05, 0) is 19.4 Å². The number of carbonyl (C=O) groups is 1. The van der Waals surface area contributed by atoms with E-state index >= 15 is 0 Å². The number of fused-ring (bicyclic) bond motifs is 1. The normalized spacial score (nSPS) is 10.7. The number of nitrogens with zero attached hydrogens (tertiary/aromatic N) is 8. The van der Waals surface area contributed by atoms with Crippen LogP contribution in [0.3, 0.4) is 0 Å². The summed E-state index contributed by atoms with van der Waals surface area (Å²) in [5.74, 6) is 0.494. The summed E-state index contributed by atoms with van der Waals surface area (Å²) < 4.78 is 11.3. The summed E-state index contributed by atoms with van der Waals surface area (Å²) in [6.07, 6.45) is 9.57. The van der Waals surface area contributed by atoms with Crippen molar-refractivity contribution < 1.29 is 9.53 Å². The number of likely N-dealkylation sites (N-methyl/N-ethyl adjacent to an activating group) is 1. The highest BCUT2D eigenvalue weighted by atomic mass is 16.5. The molecule has 0 aliphatic rings. The van der Waals surface area contributed by atoms with Crippen molar-refractivity contribution in [3.8, 4) is 17.1 Å². The fourth-order valence-electron chi connectivity index (χ4n) is 3.85. The molecule has 0 atom stereocenters. The molecule has 10 heteroatoms. The minimum atomic E-state index is -0.0831. The van der Waals surface area contributed by atoms with Gasteiger partial charge in [-0.15, -0.1) is 0 Å². The molecule has 0 aliphatic heterocycles. The molecule has 0 unspecified atom stereocenters. The Hall–Kier alpha value is -3.95. The smallest absolute Gasteiger partial charge is 0.272 e. The molecule has 4 heterocycles. The van der Waals surface area contributed by atoms with Gasteiger partial charge >= 0.3 is 0 Å². The van der Waals surface area contributed by atoms with Crippen molar-refractivity contribution in [3.05, 3.63) is 54.0 Å². The van der Waals surface area contributed by atoms with E-state index in [1.54, 1.807) is 53.0 Å². The topological polar surface area (TPSA) is 95.4 Å². The summed E-state index contributed by atoms with van der Waals surface area (Å²) in [6, 6.07) is 0. The predicted octanol–water partition coefficient (Wildman–Crippen LogP) is 3.55. The van der Waals surface area contributed by atoms with E-state index in [0.717, 1.165) is 34.6 Å². The van der Waals surface area contributed by atoms with E-state index in [9.17, 15) is 4.79 Å². The lowest BCUT2D eigenvalue weighted by molar-refractivity contribution is 0.0760. The van der Waals surface area contributed by atoms with Gasteiger partial charge in [-0.25, -0.2) is 9.67 Å². The van der Waals surface area contributed by atoms with E-state index in [4.69, 9.17) is 4.74 Å². The molecule has 0 aliphatic carbocycles. The highest BCUT2D eigenvalue weighted by Crippen LogP contribution is 2.28. The summed E-state index contributed by atoms with van der Waals surface area (Å²) in [6.45, 7) is 12.5. The monoisotopic (exact) mass is 478 g/mol. The molecule has 4 rings (SSSR count). The zero-order valence-corrected chi connectivity index (χ0v) is 21.6. The molecule has 4 aromatic rings. The van der Waals surface area contributed by atoms with Gasteiger partial charge in [-0.1, -0.05) is 27.4 Å². The van der Waals surface area contributed by atoms with Gasteiger partial charge in [-0.2, -0.15) is 10.2 Å². The molecule has 0 saturated heterocycles. The molecule has 0 N–H and O–H groups in total. The Morgan fingerprint density at radius 2 is 1.91 bits per heavy atom. The Morgan fingerprint density at radius 1 is 1.17 bits per heavy atom. The molecule has 0 aromatic carbocycles. The number of imidazole rings is 1. The summed E-state index contributed by atoms with van der Waals surface area (Å²) in [5.41, 5.74) is 5.53. The second kappa shape index (κ2) is 11.0.